The summed E-state index contributed by atoms with van der Waals surface area (Å²) in [5.74, 6) is 0.503. The molecule has 1 amide bonds. The lowest BCUT2D eigenvalue weighted by molar-refractivity contribution is -0.134. The lowest BCUT2D eigenvalue weighted by Crippen LogP contribution is -2.26. The van der Waals surface area contributed by atoms with E-state index in [-0.39, 0.29) is 5.91 Å². The van der Waals surface area contributed by atoms with Crippen molar-refractivity contribution >= 4 is 5.91 Å². The van der Waals surface area contributed by atoms with Gasteiger partial charge in [0.15, 0.2) is 0 Å². The fraction of sp³-hybridized carbons (Fsp3) is 0.875. The molecule has 0 aromatic rings. The van der Waals surface area contributed by atoms with E-state index in [0.29, 0.717) is 18.9 Å². The molecule has 1 fully saturated rings. The van der Waals surface area contributed by atoms with Crippen LogP contribution in [0.25, 0.3) is 0 Å². The summed E-state index contributed by atoms with van der Waals surface area (Å²) in [6.07, 6.45) is 1.62. The number of nitrogens with one attached hydrogen (secondary N) is 2. The van der Waals surface area contributed by atoms with Gasteiger partial charge in [0.25, 0.3) is 0 Å². The molecule has 0 spiro atoms. The molecule has 1 aliphatic heterocycles. The van der Waals surface area contributed by atoms with Gasteiger partial charge in [0, 0.05) is 13.0 Å². The molecule has 0 bridgehead atoms. The number of carbonyl (C=O) groups excluding carboxylic acids is 1. The van der Waals surface area contributed by atoms with Crippen molar-refractivity contribution in [2.45, 2.75) is 19.8 Å². The van der Waals surface area contributed by atoms with Crippen molar-refractivity contribution < 1.29 is 9.63 Å². The third-order valence-corrected chi connectivity index (χ3v) is 1.99. The van der Waals surface area contributed by atoms with E-state index in [1.807, 2.05) is 0 Å². The van der Waals surface area contributed by atoms with Gasteiger partial charge in [-0.25, -0.2) is 5.48 Å². The first-order chi connectivity index (χ1) is 5.83. The molecule has 1 unspecified atom stereocenters. The van der Waals surface area contributed by atoms with Crippen molar-refractivity contribution in [2.75, 3.05) is 19.7 Å². The molecule has 12 heavy (non-hydrogen) atoms. The maximum absolute atomic E-state index is 10.7. The number of rotatable bonds is 4. The molecule has 1 heterocycles. The van der Waals surface area contributed by atoms with Crippen LogP contribution in [0.3, 0.4) is 0 Å². The highest BCUT2D eigenvalue weighted by atomic mass is 16.6. The Hall–Kier alpha value is -0.610. The lowest BCUT2D eigenvalue weighted by Gasteiger charge is -2.08. The summed E-state index contributed by atoms with van der Waals surface area (Å²) in [6, 6.07) is 0. The normalized spacial score (nSPS) is 22.6. The number of hydrogen-bond acceptors (Lipinski definition) is 3. The number of amides is 1. The summed E-state index contributed by atoms with van der Waals surface area (Å²) in [4.78, 5) is 15.8. The Balaban J connectivity index is 1.97. The van der Waals surface area contributed by atoms with E-state index < -0.39 is 0 Å². The average Bonchev–Trinajstić information content (AvgIpc) is 2.57. The second-order valence-corrected chi connectivity index (χ2v) is 3.05. The van der Waals surface area contributed by atoms with Gasteiger partial charge in [-0.3, -0.25) is 9.63 Å². The minimum Gasteiger partial charge on any atom is -0.316 e. The smallest absolute Gasteiger partial charge is 0.243 e. The highest BCUT2D eigenvalue weighted by molar-refractivity contribution is 5.74. The Labute approximate surface area is 72.6 Å². The zero-order valence-corrected chi connectivity index (χ0v) is 7.43. The van der Waals surface area contributed by atoms with Gasteiger partial charge < -0.3 is 5.32 Å². The summed E-state index contributed by atoms with van der Waals surface area (Å²) in [6.45, 7) is 4.49. The molecule has 0 aliphatic carbocycles. The van der Waals surface area contributed by atoms with Crippen LogP contribution in [0.5, 0.6) is 0 Å². The molecular formula is C8H16N2O2. The molecule has 1 saturated heterocycles. The second kappa shape index (κ2) is 5.11. The Kier molecular flexibility index (Phi) is 4.04. The molecule has 0 radical (unpaired) electrons. The predicted octanol–water partition coefficient (Wildman–Crippen LogP) is 0.0537. The SMILES string of the molecule is CCC(=O)NOCC1CCNC1. The van der Waals surface area contributed by atoms with Gasteiger partial charge in [-0.1, -0.05) is 6.92 Å². The third-order valence-electron chi connectivity index (χ3n) is 1.99. The molecule has 0 saturated carbocycles. The van der Waals surface area contributed by atoms with Gasteiger partial charge in [0.05, 0.1) is 6.61 Å². The van der Waals surface area contributed by atoms with Gasteiger partial charge in [0.2, 0.25) is 5.91 Å². The first-order valence-corrected chi connectivity index (χ1v) is 4.44. The summed E-state index contributed by atoms with van der Waals surface area (Å²) < 4.78 is 0. The maximum Gasteiger partial charge on any atom is 0.243 e. The Morgan fingerprint density at radius 2 is 2.58 bits per heavy atom. The Bertz CT molecular complexity index is 144. The molecule has 1 rings (SSSR count). The molecule has 0 aromatic heterocycles. The van der Waals surface area contributed by atoms with Gasteiger partial charge >= 0.3 is 0 Å². The fourth-order valence-corrected chi connectivity index (χ4v) is 1.17. The zero-order valence-electron chi connectivity index (χ0n) is 7.43. The van der Waals surface area contributed by atoms with Crippen LogP contribution in [-0.2, 0) is 9.63 Å². The van der Waals surface area contributed by atoms with Crippen LogP contribution < -0.4 is 10.8 Å². The molecule has 0 aromatic carbocycles. The highest BCUT2D eigenvalue weighted by Gasteiger charge is 2.14. The molecular weight excluding hydrogens is 156 g/mol. The van der Waals surface area contributed by atoms with Crippen molar-refractivity contribution in [1.82, 2.24) is 10.8 Å². The number of carbonyl (C=O) groups is 1. The van der Waals surface area contributed by atoms with Gasteiger partial charge in [0.1, 0.15) is 0 Å². The molecule has 4 nitrogen and oxygen atoms in total. The van der Waals surface area contributed by atoms with Crippen LogP contribution in [0, 0.1) is 5.92 Å². The van der Waals surface area contributed by atoms with E-state index in [0.717, 1.165) is 19.5 Å². The van der Waals surface area contributed by atoms with Crippen molar-refractivity contribution in [3.8, 4) is 0 Å². The number of hydroxylamine groups is 1. The largest absolute Gasteiger partial charge is 0.316 e. The molecule has 70 valence electrons. The maximum atomic E-state index is 10.7. The van der Waals surface area contributed by atoms with E-state index in [1.165, 1.54) is 0 Å². The fourth-order valence-electron chi connectivity index (χ4n) is 1.17. The first kappa shape index (κ1) is 9.48. The Morgan fingerprint density at radius 1 is 1.75 bits per heavy atom. The topological polar surface area (TPSA) is 50.4 Å². The summed E-state index contributed by atoms with van der Waals surface area (Å²) in [5.41, 5.74) is 2.39. The van der Waals surface area contributed by atoms with E-state index in [9.17, 15) is 4.79 Å². The quantitative estimate of drug-likeness (QED) is 0.589. The molecule has 4 heteroatoms. The van der Waals surface area contributed by atoms with E-state index in [1.54, 1.807) is 6.92 Å². The van der Waals surface area contributed by atoms with Crippen molar-refractivity contribution in [2.24, 2.45) is 5.92 Å². The highest BCUT2D eigenvalue weighted by Crippen LogP contribution is 2.06. The summed E-state index contributed by atoms with van der Waals surface area (Å²) in [5, 5.41) is 3.23. The lowest BCUT2D eigenvalue weighted by atomic mass is 10.1. The van der Waals surface area contributed by atoms with Crippen LogP contribution in [0.1, 0.15) is 19.8 Å². The van der Waals surface area contributed by atoms with Crippen LogP contribution >= 0.6 is 0 Å². The average molecular weight is 172 g/mol. The number of hydrogen-bond donors (Lipinski definition) is 2. The monoisotopic (exact) mass is 172 g/mol. The zero-order chi connectivity index (χ0) is 8.81. The second-order valence-electron chi connectivity index (χ2n) is 3.05. The Morgan fingerprint density at radius 3 is 3.17 bits per heavy atom. The summed E-state index contributed by atoms with van der Waals surface area (Å²) >= 11 is 0. The third kappa shape index (κ3) is 3.19. The van der Waals surface area contributed by atoms with E-state index >= 15 is 0 Å². The molecule has 2 N–H and O–H groups in total. The van der Waals surface area contributed by atoms with Crippen molar-refractivity contribution in [3.05, 3.63) is 0 Å². The minimum atomic E-state index is -0.0547. The van der Waals surface area contributed by atoms with Gasteiger partial charge in [-0.2, -0.15) is 0 Å². The van der Waals surface area contributed by atoms with Crippen molar-refractivity contribution in [3.63, 3.8) is 0 Å². The van der Waals surface area contributed by atoms with Crippen molar-refractivity contribution in [1.29, 1.82) is 0 Å². The van der Waals surface area contributed by atoms with E-state index in [2.05, 4.69) is 10.8 Å². The summed E-state index contributed by atoms with van der Waals surface area (Å²) in [7, 11) is 0. The van der Waals surface area contributed by atoms with Gasteiger partial charge in [-0.05, 0) is 18.9 Å². The van der Waals surface area contributed by atoms with Crippen LogP contribution in [-0.4, -0.2) is 25.6 Å². The molecule has 1 aliphatic rings. The standard InChI is InChI=1S/C8H16N2O2/c1-2-8(11)10-12-6-7-3-4-9-5-7/h7,9H,2-6H2,1H3,(H,10,11). The molecule has 1 atom stereocenters. The van der Waals surface area contributed by atoms with Gasteiger partial charge in [-0.15, -0.1) is 0 Å². The van der Waals surface area contributed by atoms with Crippen LogP contribution in [0.15, 0.2) is 0 Å². The van der Waals surface area contributed by atoms with Crippen LogP contribution in [0.4, 0.5) is 0 Å². The predicted molar refractivity (Wildman–Crippen MR) is 45.4 cm³/mol. The van der Waals surface area contributed by atoms with Crippen LogP contribution in [0.2, 0.25) is 0 Å². The van der Waals surface area contributed by atoms with E-state index in [4.69, 9.17) is 4.84 Å². The first-order valence-electron chi connectivity index (χ1n) is 4.44. The minimum absolute atomic E-state index is 0.0547.